The van der Waals surface area contributed by atoms with Crippen molar-refractivity contribution in [1.82, 2.24) is 0 Å². The highest BCUT2D eigenvalue weighted by molar-refractivity contribution is 14.1. The molecule has 0 fully saturated rings. The van der Waals surface area contributed by atoms with E-state index in [4.69, 9.17) is 0 Å². The number of halogens is 1. The Morgan fingerprint density at radius 3 is 1.50 bits per heavy atom. The summed E-state index contributed by atoms with van der Waals surface area (Å²) in [4.78, 5) is 0. The number of hydrogen-bond acceptors (Lipinski definition) is 0. The Morgan fingerprint density at radius 1 is 0.688 bits per heavy atom. The van der Waals surface area contributed by atoms with Crippen LogP contribution in [0.2, 0.25) is 0 Å². The highest BCUT2D eigenvalue weighted by Crippen LogP contribution is 2.37. The fraction of sp³-hybridized carbons (Fsp3) is 0.600. The van der Waals surface area contributed by atoms with Crippen LogP contribution < -0.4 is 0 Å². The first-order chi connectivity index (χ1) is 7.79. The largest absolute Gasteiger partial charge is 0.0489 e. The van der Waals surface area contributed by atoms with E-state index >= 15 is 0 Å². The molecular weight excluding hydrogens is 307 g/mol. The molecule has 86 valence electrons. The van der Waals surface area contributed by atoms with Crippen molar-refractivity contribution in [3.8, 4) is 0 Å². The molecular formula is C15H19I. The van der Waals surface area contributed by atoms with Gasteiger partial charge in [0.2, 0.25) is 0 Å². The SMILES string of the molecule is Cc1c2c(c(I)c3c1CCCC3)CCCC2. The smallest absolute Gasteiger partial charge is 0.0200 e. The van der Waals surface area contributed by atoms with Crippen LogP contribution in [0.15, 0.2) is 0 Å². The Hall–Kier alpha value is -0.0500. The van der Waals surface area contributed by atoms with Crippen molar-refractivity contribution >= 4 is 22.6 Å². The molecule has 0 saturated carbocycles. The van der Waals surface area contributed by atoms with E-state index in [1.165, 1.54) is 51.4 Å². The van der Waals surface area contributed by atoms with Gasteiger partial charge in [-0.15, -0.1) is 0 Å². The van der Waals surface area contributed by atoms with Crippen LogP contribution in [0, 0.1) is 10.5 Å². The van der Waals surface area contributed by atoms with Gasteiger partial charge < -0.3 is 0 Å². The van der Waals surface area contributed by atoms with Crippen LogP contribution in [0.3, 0.4) is 0 Å². The average Bonchev–Trinajstić information content (AvgIpc) is 2.36. The molecule has 1 heteroatoms. The molecule has 0 unspecified atom stereocenters. The first-order valence-electron chi connectivity index (χ1n) is 6.60. The lowest BCUT2D eigenvalue weighted by Gasteiger charge is -2.28. The van der Waals surface area contributed by atoms with Crippen molar-refractivity contribution in [2.45, 2.75) is 58.3 Å². The third-order valence-electron chi connectivity index (χ3n) is 4.37. The molecule has 2 aliphatic carbocycles. The fourth-order valence-electron chi connectivity index (χ4n) is 3.49. The van der Waals surface area contributed by atoms with E-state index in [0.717, 1.165) is 0 Å². The molecule has 3 rings (SSSR count). The summed E-state index contributed by atoms with van der Waals surface area (Å²) in [5, 5.41) is 0. The summed E-state index contributed by atoms with van der Waals surface area (Å²) in [7, 11) is 0. The molecule has 0 N–H and O–H groups in total. The van der Waals surface area contributed by atoms with Crippen LogP contribution >= 0.6 is 22.6 Å². The molecule has 0 nitrogen and oxygen atoms in total. The highest BCUT2D eigenvalue weighted by Gasteiger charge is 2.23. The third-order valence-corrected chi connectivity index (χ3v) is 5.67. The second-order valence-corrected chi connectivity index (χ2v) is 6.35. The standard InChI is InChI=1S/C15H19I/c1-10-11-6-2-4-8-13(11)15(16)14-9-5-3-7-12(10)14/h2-9H2,1H3. The van der Waals surface area contributed by atoms with E-state index in [1.807, 2.05) is 0 Å². The van der Waals surface area contributed by atoms with Crippen LogP contribution in [-0.2, 0) is 25.7 Å². The maximum Gasteiger partial charge on any atom is 0.0200 e. The zero-order chi connectivity index (χ0) is 11.1. The summed E-state index contributed by atoms with van der Waals surface area (Å²) in [6.45, 7) is 2.38. The van der Waals surface area contributed by atoms with Crippen LogP contribution in [0.4, 0.5) is 0 Å². The summed E-state index contributed by atoms with van der Waals surface area (Å²) in [6, 6.07) is 0. The lowest BCUT2D eigenvalue weighted by atomic mass is 9.80. The number of rotatable bonds is 0. The second kappa shape index (κ2) is 4.32. The molecule has 1 aromatic carbocycles. The van der Waals surface area contributed by atoms with E-state index in [2.05, 4.69) is 29.5 Å². The van der Waals surface area contributed by atoms with Crippen LogP contribution in [0.1, 0.15) is 53.5 Å². The fourth-order valence-corrected chi connectivity index (χ4v) is 4.68. The normalized spacial score (nSPS) is 19.1. The molecule has 0 aromatic heterocycles. The Morgan fingerprint density at radius 2 is 1.06 bits per heavy atom. The molecule has 0 spiro atoms. The van der Waals surface area contributed by atoms with Gasteiger partial charge in [0.1, 0.15) is 0 Å². The molecule has 0 aliphatic heterocycles. The summed E-state index contributed by atoms with van der Waals surface area (Å²) in [6.07, 6.45) is 11.0. The molecule has 2 aliphatic rings. The molecule has 0 bridgehead atoms. The van der Waals surface area contributed by atoms with Gasteiger partial charge in [0.05, 0.1) is 0 Å². The number of benzene rings is 1. The van der Waals surface area contributed by atoms with Crippen LogP contribution in [0.25, 0.3) is 0 Å². The van der Waals surface area contributed by atoms with E-state index in [0.29, 0.717) is 0 Å². The minimum atomic E-state index is 1.34. The van der Waals surface area contributed by atoms with Crippen LogP contribution in [0.5, 0.6) is 0 Å². The van der Waals surface area contributed by atoms with E-state index < -0.39 is 0 Å². The molecule has 0 radical (unpaired) electrons. The average molecular weight is 326 g/mol. The maximum absolute atomic E-state index is 2.62. The summed E-state index contributed by atoms with van der Waals surface area (Å²) in [5.41, 5.74) is 8.52. The van der Waals surface area contributed by atoms with E-state index in [-0.39, 0.29) is 0 Å². The quantitative estimate of drug-likeness (QED) is 0.622. The Kier molecular flexibility index (Phi) is 2.99. The lowest BCUT2D eigenvalue weighted by molar-refractivity contribution is 0.647. The Balaban J connectivity index is 2.24. The van der Waals surface area contributed by atoms with E-state index in [9.17, 15) is 0 Å². The minimum Gasteiger partial charge on any atom is -0.0489 e. The summed E-state index contributed by atoms with van der Waals surface area (Å²) in [5.74, 6) is 0. The monoisotopic (exact) mass is 326 g/mol. The molecule has 0 heterocycles. The van der Waals surface area contributed by atoms with E-state index in [1.54, 1.807) is 31.4 Å². The minimum absolute atomic E-state index is 1.34. The lowest BCUT2D eigenvalue weighted by Crippen LogP contribution is -2.15. The van der Waals surface area contributed by atoms with Crippen molar-refractivity contribution < 1.29 is 0 Å². The summed E-state index contributed by atoms with van der Waals surface area (Å²) < 4.78 is 1.63. The molecule has 1 aromatic rings. The van der Waals surface area contributed by atoms with Crippen molar-refractivity contribution in [2.24, 2.45) is 0 Å². The molecule has 16 heavy (non-hydrogen) atoms. The topological polar surface area (TPSA) is 0 Å². The highest BCUT2D eigenvalue weighted by atomic mass is 127. The third kappa shape index (κ3) is 1.62. The van der Waals surface area contributed by atoms with Gasteiger partial charge >= 0.3 is 0 Å². The van der Waals surface area contributed by atoms with Crippen LogP contribution in [-0.4, -0.2) is 0 Å². The molecule has 0 amide bonds. The van der Waals surface area contributed by atoms with Gasteiger partial charge in [0.15, 0.2) is 0 Å². The maximum atomic E-state index is 2.62. The van der Waals surface area contributed by atoms with Gasteiger partial charge in [0.25, 0.3) is 0 Å². The van der Waals surface area contributed by atoms with Gasteiger partial charge in [-0.1, -0.05) is 0 Å². The second-order valence-electron chi connectivity index (χ2n) is 5.27. The Bertz CT molecular complexity index is 354. The predicted molar refractivity (Wildman–Crippen MR) is 77.2 cm³/mol. The Labute approximate surface area is 112 Å². The van der Waals surface area contributed by atoms with Crippen molar-refractivity contribution in [3.05, 3.63) is 31.4 Å². The van der Waals surface area contributed by atoms with Crippen molar-refractivity contribution in [2.75, 3.05) is 0 Å². The zero-order valence-electron chi connectivity index (χ0n) is 10.0. The van der Waals surface area contributed by atoms with Gasteiger partial charge in [0, 0.05) is 3.57 Å². The number of hydrogen-bond donors (Lipinski definition) is 0. The molecule has 0 saturated heterocycles. The van der Waals surface area contributed by atoms with Gasteiger partial charge in [-0.05, 0) is 109 Å². The molecule has 0 atom stereocenters. The van der Waals surface area contributed by atoms with Gasteiger partial charge in [-0.3, -0.25) is 0 Å². The summed E-state index contributed by atoms with van der Waals surface area (Å²) >= 11 is 2.62. The number of fused-ring (bicyclic) bond motifs is 2. The van der Waals surface area contributed by atoms with Gasteiger partial charge in [-0.25, -0.2) is 0 Å². The van der Waals surface area contributed by atoms with Gasteiger partial charge in [-0.2, -0.15) is 0 Å². The first-order valence-corrected chi connectivity index (χ1v) is 7.68. The first kappa shape index (κ1) is 11.1. The predicted octanol–water partition coefficient (Wildman–Crippen LogP) is 4.36. The van der Waals surface area contributed by atoms with Crippen molar-refractivity contribution in [1.29, 1.82) is 0 Å². The van der Waals surface area contributed by atoms with Crippen molar-refractivity contribution in [3.63, 3.8) is 0 Å². The zero-order valence-corrected chi connectivity index (χ0v) is 12.2.